The Balaban J connectivity index is 1.79. The minimum Gasteiger partial charge on any atom is -0.504 e. The van der Waals surface area contributed by atoms with Gasteiger partial charge in [-0.05, 0) is 37.4 Å². The summed E-state index contributed by atoms with van der Waals surface area (Å²) in [5.74, 6) is 0.204. The lowest BCUT2D eigenvalue weighted by Crippen LogP contribution is -2.53. The smallest absolute Gasteiger partial charge is 0.337 e. The molecule has 1 N–H and O–H groups in total. The highest BCUT2D eigenvalue weighted by Gasteiger charge is 2.61. The third kappa shape index (κ3) is 2.83. The van der Waals surface area contributed by atoms with Crippen LogP contribution in [0.15, 0.2) is 42.7 Å². The first-order valence-electron chi connectivity index (χ1n) is 10.2. The molecule has 0 radical (unpaired) electrons. The molecule has 0 unspecified atom stereocenters. The Hall–Kier alpha value is -2.80. The highest BCUT2D eigenvalue weighted by atomic mass is 16.5. The zero-order valence-electron chi connectivity index (χ0n) is 17.6. The molecular weight excluding hydrogens is 384 g/mol. The summed E-state index contributed by atoms with van der Waals surface area (Å²) >= 11 is 0. The molecule has 1 aromatic carbocycles. The van der Waals surface area contributed by atoms with Gasteiger partial charge in [0.25, 0.3) is 0 Å². The van der Waals surface area contributed by atoms with E-state index in [2.05, 4.69) is 16.8 Å². The van der Waals surface area contributed by atoms with Crippen molar-refractivity contribution in [3.8, 4) is 5.75 Å². The maximum atomic E-state index is 13.4. The van der Waals surface area contributed by atoms with Crippen LogP contribution in [-0.4, -0.2) is 57.2 Å². The fourth-order valence-electron chi connectivity index (χ4n) is 5.63. The summed E-state index contributed by atoms with van der Waals surface area (Å²) in [7, 11) is 4.52. The minimum atomic E-state index is -0.708. The van der Waals surface area contributed by atoms with Crippen LogP contribution in [0.4, 0.5) is 5.69 Å². The number of carbonyl (C=O) groups is 2. The van der Waals surface area contributed by atoms with E-state index in [0.717, 1.165) is 30.1 Å². The largest absolute Gasteiger partial charge is 0.504 e. The van der Waals surface area contributed by atoms with Gasteiger partial charge in [0.1, 0.15) is 5.75 Å². The Morgan fingerprint density at radius 3 is 2.80 bits per heavy atom. The number of carbonyl (C=O) groups excluding carboxylic acids is 2. The number of fused-ring (bicyclic) bond motifs is 4. The summed E-state index contributed by atoms with van der Waals surface area (Å²) < 4.78 is 15.9. The molecular formula is C23H28N2O5. The van der Waals surface area contributed by atoms with Crippen molar-refractivity contribution in [2.24, 2.45) is 11.8 Å². The molecule has 1 amide bonds. The number of rotatable bonds is 5. The molecule has 4 atom stereocenters. The van der Waals surface area contributed by atoms with Crippen LogP contribution < -0.4 is 10.1 Å². The predicted octanol–water partition coefficient (Wildman–Crippen LogP) is 2.48. The van der Waals surface area contributed by atoms with E-state index in [1.807, 2.05) is 24.3 Å². The van der Waals surface area contributed by atoms with Gasteiger partial charge in [-0.2, -0.15) is 0 Å². The van der Waals surface area contributed by atoms with Gasteiger partial charge in [-0.25, -0.2) is 4.79 Å². The fourth-order valence-corrected chi connectivity index (χ4v) is 5.63. The number of nitrogens with one attached hydrogen (secondary N) is 1. The van der Waals surface area contributed by atoms with E-state index in [4.69, 9.17) is 14.2 Å². The number of hydrogen-bond donors (Lipinski definition) is 1. The number of methoxy groups -OCH3 is 3. The van der Waals surface area contributed by atoms with Crippen LogP contribution in [0.3, 0.4) is 0 Å². The normalized spacial score (nSPS) is 30.4. The molecule has 0 saturated carbocycles. The number of piperidine rings is 1. The van der Waals surface area contributed by atoms with Crippen LogP contribution in [0.5, 0.6) is 5.75 Å². The van der Waals surface area contributed by atoms with Gasteiger partial charge in [0, 0.05) is 29.8 Å². The van der Waals surface area contributed by atoms with Gasteiger partial charge in [0.15, 0.2) is 0 Å². The SMILES string of the molecule is C=C[C@@H]1CN2CC[C@@]3(C(=O)Nc4cccc(OC)c43)[C@@H]2C[C@H]1/C(=C/OC)C(=O)OC. The molecule has 30 heavy (non-hydrogen) atoms. The lowest BCUT2D eigenvalue weighted by Gasteiger charge is -2.44. The first-order valence-corrected chi connectivity index (χ1v) is 10.2. The van der Waals surface area contributed by atoms with Crippen LogP contribution in [0.25, 0.3) is 0 Å². The lowest BCUT2D eigenvalue weighted by molar-refractivity contribution is -0.137. The quantitative estimate of drug-likeness (QED) is 0.347. The predicted molar refractivity (Wildman–Crippen MR) is 112 cm³/mol. The standard InChI is InChI=1S/C23H28N2O5/c1-5-14-12-25-10-9-23(19(25)11-15(14)16(13-28-2)21(26)30-4)20-17(24-22(23)27)7-6-8-18(20)29-3/h5-8,13-15,19H,1,9-12H2,2-4H3,(H,24,27)/b16-13-/t14-,15-,19+,23-/m1/s1. The van der Waals surface area contributed by atoms with E-state index in [1.165, 1.54) is 20.5 Å². The molecule has 2 fully saturated rings. The number of benzene rings is 1. The van der Waals surface area contributed by atoms with E-state index in [9.17, 15) is 9.59 Å². The molecule has 0 aromatic heterocycles. The second-order valence-electron chi connectivity index (χ2n) is 8.11. The molecule has 3 heterocycles. The van der Waals surface area contributed by atoms with E-state index < -0.39 is 11.4 Å². The molecule has 2 saturated heterocycles. The molecule has 7 nitrogen and oxygen atoms in total. The molecule has 160 valence electrons. The van der Waals surface area contributed by atoms with Gasteiger partial charge in [-0.3, -0.25) is 9.69 Å². The van der Waals surface area contributed by atoms with E-state index >= 15 is 0 Å². The van der Waals surface area contributed by atoms with Gasteiger partial charge in [-0.15, -0.1) is 6.58 Å². The highest BCUT2D eigenvalue weighted by Crippen LogP contribution is 2.55. The number of nitrogens with zero attached hydrogens (tertiary/aromatic N) is 1. The topological polar surface area (TPSA) is 77.1 Å². The van der Waals surface area contributed by atoms with Crippen molar-refractivity contribution in [3.63, 3.8) is 0 Å². The fraction of sp³-hybridized carbons (Fsp3) is 0.478. The highest BCUT2D eigenvalue weighted by molar-refractivity contribution is 6.08. The van der Waals surface area contributed by atoms with Crippen molar-refractivity contribution in [3.05, 3.63) is 48.3 Å². The monoisotopic (exact) mass is 412 g/mol. The van der Waals surface area contributed by atoms with Gasteiger partial charge < -0.3 is 19.5 Å². The zero-order chi connectivity index (χ0) is 21.5. The zero-order valence-corrected chi connectivity index (χ0v) is 17.6. The number of amides is 1. The van der Waals surface area contributed by atoms with E-state index in [1.54, 1.807) is 7.11 Å². The van der Waals surface area contributed by atoms with Gasteiger partial charge >= 0.3 is 5.97 Å². The first-order chi connectivity index (χ1) is 14.5. The minimum absolute atomic E-state index is 0.000595. The molecule has 7 heteroatoms. The number of hydrogen-bond acceptors (Lipinski definition) is 6. The molecule has 0 aliphatic carbocycles. The van der Waals surface area contributed by atoms with Crippen LogP contribution in [0.1, 0.15) is 18.4 Å². The van der Waals surface area contributed by atoms with Crippen molar-refractivity contribution >= 4 is 17.6 Å². The number of ether oxygens (including phenoxy) is 3. The Morgan fingerprint density at radius 2 is 2.13 bits per heavy atom. The molecule has 0 bridgehead atoms. The Bertz CT molecular complexity index is 911. The maximum Gasteiger partial charge on any atom is 0.337 e. The van der Waals surface area contributed by atoms with Gasteiger partial charge in [0.2, 0.25) is 5.91 Å². The van der Waals surface area contributed by atoms with E-state index in [0.29, 0.717) is 18.4 Å². The van der Waals surface area contributed by atoms with Crippen molar-refractivity contribution in [1.29, 1.82) is 0 Å². The van der Waals surface area contributed by atoms with Gasteiger partial charge in [0.05, 0.1) is 38.6 Å². The maximum absolute atomic E-state index is 13.4. The van der Waals surface area contributed by atoms with E-state index in [-0.39, 0.29) is 23.8 Å². The number of anilines is 1. The number of esters is 1. The molecule has 1 aromatic rings. The van der Waals surface area contributed by atoms with Gasteiger partial charge in [-0.1, -0.05) is 12.1 Å². The third-order valence-corrected chi connectivity index (χ3v) is 6.96. The van der Waals surface area contributed by atoms with Crippen LogP contribution in [-0.2, 0) is 24.5 Å². The Labute approximate surface area is 176 Å². The summed E-state index contributed by atoms with van der Waals surface area (Å²) in [6.45, 7) is 5.52. The molecule has 1 spiro atoms. The summed E-state index contributed by atoms with van der Waals surface area (Å²) in [4.78, 5) is 28.2. The first kappa shape index (κ1) is 20.5. The molecule has 4 rings (SSSR count). The lowest BCUT2D eigenvalue weighted by atomic mass is 9.67. The van der Waals surface area contributed by atoms with Crippen LogP contribution >= 0.6 is 0 Å². The average Bonchev–Trinajstić information content (AvgIpc) is 3.28. The summed E-state index contributed by atoms with van der Waals surface area (Å²) in [5.41, 5.74) is 1.51. The summed E-state index contributed by atoms with van der Waals surface area (Å²) in [6.07, 6.45) is 4.68. The second kappa shape index (κ2) is 7.80. The Morgan fingerprint density at radius 1 is 1.33 bits per heavy atom. The molecule has 3 aliphatic heterocycles. The van der Waals surface area contributed by atoms with Crippen molar-refractivity contribution in [1.82, 2.24) is 4.90 Å². The Kier molecular flexibility index (Phi) is 5.32. The third-order valence-electron chi connectivity index (χ3n) is 6.96. The molecule has 3 aliphatic rings. The average molecular weight is 412 g/mol. The van der Waals surface area contributed by atoms with Crippen LogP contribution in [0, 0.1) is 11.8 Å². The second-order valence-corrected chi connectivity index (χ2v) is 8.11. The van der Waals surface area contributed by atoms with Crippen molar-refractivity contribution in [2.45, 2.75) is 24.3 Å². The summed E-state index contributed by atoms with van der Waals surface area (Å²) in [6, 6.07) is 5.64. The van der Waals surface area contributed by atoms with Crippen molar-refractivity contribution in [2.75, 3.05) is 39.7 Å². The van der Waals surface area contributed by atoms with Crippen LogP contribution in [0.2, 0.25) is 0 Å². The van der Waals surface area contributed by atoms with Crippen molar-refractivity contribution < 1.29 is 23.8 Å². The summed E-state index contributed by atoms with van der Waals surface area (Å²) in [5, 5.41) is 3.07.